The van der Waals surface area contributed by atoms with E-state index in [-0.39, 0.29) is 0 Å². The SMILES string of the molecule is C=Cc1ccc2c(c1)Sc1ccccc1N2CCCCCCCCCCCCCCCC. The molecule has 2 aromatic carbocycles. The van der Waals surface area contributed by atoms with Gasteiger partial charge in [-0.15, -0.1) is 0 Å². The monoisotopic (exact) mass is 449 g/mol. The lowest BCUT2D eigenvalue weighted by atomic mass is 10.0. The molecule has 0 aromatic heterocycles. The van der Waals surface area contributed by atoms with Gasteiger partial charge in [-0.05, 0) is 36.2 Å². The van der Waals surface area contributed by atoms with Crippen LogP contribution in [0.15, 0.2) is 58.8 Å². The van der Waals surface area contributed by atoms with Crippen LogP contribution in [0.1, 0.15) is 102 Å². The zero-order valence-corrected chi connectivity index (χ0v) is 21.1. The minimum atomic E-state index is 1.11. The average molecular weight is 450 g/mol. The molecule has 0 aliphatic carbocycles. The Bertz CT molecular complexity index is 812. The van der Waals surface area contributed by atoms with Crippen molar-refractivity contribution in [1.29, 1.82) is 0 Å². The zero-order valence-electron chi connectivity index (χ0n) is 20.3. The van der Waals surface area contributed by atoms with Crippen molar-refractivity contribution in [2.75, 3.05) is 11.4 Å². The zero-order chi connectivity index (χ0) is 22.4. The summed E-state index contributed by atoms with van der Waals surface area (Å²) >= 11 is 1.89. The lowest BCUT2D eigenvalue weighted by Crippen LogP contribution is -2.22. The molecule has 0 unspecified atom stereocenters. The van der Waals surface area contributed by atoms with Crippen molar-refractivity contribution in [3.63, 3.8) is 0 Å². The molecule has 0 bridgehead atoms. The molecule has 2 heteroatoms. The molecule has 174 valence electrons. The van der Waals surface area contributed by atoms with E-state index in [9.17, 15) is 0 Å². The van der Waals surface area contributed by atoms with Crippen molar-refractivity contribution in [2.45, 2.75) is 107 Å². The third-order valence-electron chi connectivity index (χ3n) is 6.62. The molecule has 1 nitrogen and oxygen atoms in total. The number of para-hydroxylation sites is 1. The van der Waals surface area contributed by atoms with E-state index >= 15 is 0 Å². The molecule has 0 saturated heterocycles. The quantitative estimate of drug-likeness (QED) is 0.234. The highest BCUT2D eigenvalue weighted by atomic mass is 32.2. The number of hydrogen-bond acceptors (Lipinski definition) is 2. The van der Waals surface area contributed by atoms with Gasteiger partial charge in [-0.3, -0.25) is 0 Å². The molecular weight excluding hydrogens is 406 g/mol. The van der Waals surface area contributed by atoms with Crippen LogP contribution in [0.3, 0.4) is 0 Å². The molecule has 3 rings (SSSR count). The minimum Gasteiger partial charge on any atom is -0.340 e. The molecule has 0 radical (unpaired) electrons. The Hall–Kier alpha value is -1.67. The van der Waals surface area contributed by atoms with Crippen LogP contribution in [0, 0.1) is 0 Å². The molecule has 0 atom stereocenters. The average Bonchev–Trinajstić information content (AvgIpc) is 2.83. The van der Waals surface area contributed by atoms with Gasteiger partial charge in [-0.25, -0.2) is 0 Å². The van der Waals surface area contributed by atoms with Crippen molar-refractivity contribution < 1.29 is 0 Å². The van der Waals surface area contributed by atoms with Crippen LogP contribution in [-0.4, -0.2) is 6.54 Å². The molecule has 0 N–H and O–H groups in total. The second-order valence-electron chi connectivity index (χ2n) is 9.25. The maximum atomic E-state index is 3.94. The molecule has 1 aliphatic rings. The highest BCUT2D eigenvalue weighted by Gasteiger charge is 2.22. The van der Waals surface area contributed by atoms with E-state index in [0.717, 1.165) is 6.54 Å². The summed E-state index contributed by atoms with van der Waals surface area (Å²) in [6, 6.07) is 15.6. The second kappa shape index (κ2) is 14.5. The van der Waals surface area contributed by atoms with Crippen LogP contribution in [0.2, 0.25) is 0 Å². The Balaban J connectivity index is 1.33. The van der Waals surface area contributed by atoms with E-state index in [2.05, 4.69) is 60.9 Å². The van der Waals surface area contributed by atoms with Gasteiger partial charge in [-0.1, -0.05) is 133 Å². The Kier molecular flexibility index (Phi) is 11.3. The number of hydrogen-bond donors (Lipinski definition) is 0. The molecular formula is C30H43NS. The predicted molar refractivity (Wildman–Crippen MR) is 144 cm³/mol. The lowest BCUT2D eigenvalue weighted by Gasteiger charge is -2.33. The summed E-state index contributed by atoms with van der Waals surface area (Å²) in [6.07, 6.45) is 21.7. The predicted octanol–water partition coefficient (Wildman–Crippen LogP) is 10.4. The molecule has 2 aromatic rings. The van der Waals surface area contributed by atoms with Gasteiger partial charge in [0.2, 0.25) is 0 Å². The number of fused-ring (bicyclic) bond motifs is 2. The van der Waals surface area contributed by atoms with Gasteiger partial charge in [0.25, 0.3) is 0 Å². The fourth-order valence-electron chi connectivity index (χ4n) is 4.68. The van der Waals surface area contributed by atoms with Gasteiger partial charge in [0, 0.05) is 16.3 Å². The van der Waals surface area contributed by atoms with Gasteiger partial charge in [0.15, 0.2) is 0 Å². The number of benzene rings is 2. The number of rotatable bonds is 16. The lowest BCUT2D eigenvalue weighted by molar-refractivity contribution is 0.536. The summed E-state index contributed by atoms with van der Waals surface area (Å²) in [4.78, 5) is 5.26. The van der Waals surface area contributed by atoms with E-state index in [4.69, 9.17) is 0 Å². The van der Waals surface area contributed by atoms with E-state index in [1.54, 1.807) is 0 Å². The first kappa shape index (κ1) is 25.0. The van der Waals surface area contributed by atoms with Crippen LogP contribution in [0.4, 0.5) is 11.4 Å². The van der Waals surface area contributed by atoms with Crippen LogP contribution in [-0.2, 0) is 0 Å². The maximum Gasteiger partial charge on any atom is 0.0553 e. The van der Waals surface area contributed by atoms with Crippen LogP contribution >= 0.6 is 11.8 Å². The third kappa shape index (κ3) is 7.73. The summed E-state index contributed by atoms with van der Waals surface area (Å²) in [5.74, 6) is 0. The standard InChI is InChI=1S/C30H43NS/c1-3-5-6-7-8-9-10-11-12-13-14-15-16-19-24-31-27-20-17-18-21-29(27)32-30-25-26(4-2)22-23-28(30)31/h4,17-18,20-23,25H,2-3,5-16,19,24H2,1H3. The molecule has 1 aliphatic heterocycles. The van der Waals surface area contributed by atoms with Gasteiger partial charge >= 0.3 is 0 Å². The minimum absolute atomic E-state index is 1.11. The van der Waals surface area contributed by atoms with Crippen molar-refractivity contribution in [1.82, 2.24) is 0 Å². The van der Waals surface area contributed by atoms with E-state index < -0.39 is 0 Å². The van der Waals surface area contributed by atoms with Gasteiger partial charge in [0.05, 0.1) is 11.4 Å². The van der Waals surface area contributed by atoms with Crippen LogP contribution in [0.25, 0.3) is 6.08 Å². The summed E-state index contributed by atoms with van der Waals surface area (Å²) < 4.78 is 0. The fraction of sp³-hybridized carbons (Fsp3) is 0.533. The van der Waals surface area contributed by atoms with Gasteiger partial charge < -0.3 is 4.90 Å². The molecule has 0 fully saturated rings. The molecule has 0 amide bonds. The van der Waals surface area contributed by atoms with E-state index in [1.165, 1.54) is 117 Å². The van der Waals surface area contributed by atoms with Crippen molar-refractivity contribution in [3.05, 3.63) is 54.6 Å². The Morgan fingerprint density at radius 3 is 1.88 bits per heavy atom. The molecule has 32 heavy (non-hydrogen) atoms. The Morgan fingerprint density at radius 2 is 1.25 bits per heavy atom. The normalized spacial score (nSPS) is 12.5. The van der Waals surface area contributed by atoms with Crippen molar-refractivity contribution in [2.24, 2.45) is 0 Å². The molecule has 1 heterocycles. The highest BCUT2D eigenvalue weighted by Crippen LogP contribution is 2.48. The number of unbranched alkanes of at least 4 members (excludes halogenated alkanes) is 13. The summed E-state index contributed by atoms with van der Waals surface area (Å²) in [5, 5.41) is 0. The first-order valence-corrected chi connectivity index (χ1v) is 14.0. The first-order chi connectivity index (χ1) is 15.8. The van der Waals surface area contributed by atoms with E-state index in [0.29, 0.717) is 0 Å². The summed E-state index contributed by atoms with van der Waals surface area (Å²) in [6.45, 7) is 7.34. The van der Waals surface area contributed by atoms with Gasteiger partial charge in [-0.2, -0.15) is 0 Å². The Labute approximate surface area is 201 Å². The molecule has 0 saturated carbocycles. The molecule has 0 spiro atoms. The summed E-state index contributed by atoms with van der Waals surface area (Å²) in [5.41, 5.74) is 3.92. The van der Waals surface area contributed by atoms with E-state index in [1.807, 2.05) is 17.8 Å². The second-order valence-corrected chi connectivity index (χ2v) is 10.3. The highest BCUT2D eigenvalue weighted by molar-refractivity contribution is 7.99. The smallest absolute Gasteiger partial charge is 0.0553 e. The van der Waals surface area contributed by atoms with Crippen LogP contribution < -0.4 is 4.90 Å². The fourth-order valence-corrected chi connectivity index (χ4v) is 5.83. The number of nitrogens with zero attached hydrogens (tertiary/aromatic N) is 1. The Morgan fingerprint density at radius 1 is 0.688 bits per heavy atom. The third-order valence-corrected chi connectivity index (χ3v) is 7.73. The number of anilines is 2. The first-order valence-electron chi connectivity index (χ1n) is 13.1. The van der Waals surface area contributed by atoms with Crippen LogP contribution in [0.5, 0.6) is 0 Å². The van der Waals surface area contributed by atoms with Crippen molar-refractivity contribution in [3.8, 4) is 0 Å². The largest absolute Gasteiger partial charge is 0.340 e. The maximum absolute atomic E-state index is 3.94. The van der Waals surface area contributed by atoms with Crippen molar-refractivity contribution >= 4 is 29.2 Å². The van der Waals surface area contributed by atoms with Gasteiger partial charge in [0.1, 0.15) is 0 Å². The topological polar surface area (TPSA) is 3.24 Å². The summed E-state index contributed by atoms with van der Waals surface area (Å²) in [7, 11) is 0.